The molecule has 4 aromatic rings. The van der Waals surface area contributed by atoms with E-state index in [1.165, 1.54) is 23.1 Å². The normalized spacial score (nSPS) is 11.5. The van der Waals surface area contributed by atoms with Gasteiger partial charge < -0.3 is 4.57 Å². The Bertz CT molecular complexity index is 1080. The van der Waals surface area contributed by atoms with E-state index >= 15 is 0 Å². The second-order valence-corrected chi connectivity index (χ2v) is 6.50. The third-order valence-electron chi connectivity index (χ3n) is 4.62. The molecule has 0 aliphatic heterocycles. The highest BCUT2D eigenvalue weighted by Gasteiger charge is 2.19. The highest BCUT2D eigenvalue weighted by Crippen LogP contribution is 2.36. The summed E-state index contributed by atoms with van der Waals surface area (Å²) in [5.74, 6) is -0.233. The van der Waals surface area contributed by atoms with E-state index in [0.29, 0.717) is 0 Å². The summed E-state index contributed by atoms with van der Waals surface area (Å²) < 4.78 is 15.6. The lowest BCUT2D eigenvalue weighted by molar-refractivity contribution is 0.627. The number of aromatic nitrogens is 3. The minimum atomic E-state index is -0.233. The second-order valence-electron chi connectivity index (χ2n) is 6.50. The minimum Gasteiger partial charge on any atom is -0.309 e. The van der Waals surface area contributed by atoms with Gasteiger partial charge in [-0.1, -0.05) is 19.9 Å². The lowest BCUT2D eigenvalue weighted by Crippen LogP contribution is -2.00. The highest BCUT2D eigenvalue weighted by molar-refractivity contribution is 6.00. The van der Waals surface area contributed by atoms with Gasteiger partial charge in [0.25, 0.3) is 0 Å². The van der Waals surface area contributed by atoms with Crippen molar-refractivity contribution < 1.29 is 4.39 Å². The van der Waals surface area contributed by atoms with Gasteiger partial charge in [-0.2, -0.15) is 5.10 Å². The fourth-order valence-corrected chi connectivity index (χ4v) is 3.60. The molecule has 0 saturated heterocycles. The molecule has 126 valence electrons. The Kier molecular flexibility index (Phi) is 3.68. The number of aryl methyl sites for hydroxylation is 1. The van der Waals surface area contributed by atoms with Crippen molar-refractivity contribution in [1.29, 1.82) is 0 Å². The van der Waals surface area contributed by atoms with Crippen molar-refractivity contribution in [3.63, 3.8) is 0 Å². The average Bonchev–Trinajstić information content (AvgIpc) is 3.16. The lowest BCUT2D eigenvalue weighted by Gasteiger charge is -2.12. The summed E-state index contributed by atoms with van der Waals surface area (Å²) in [7, 11) is 0. The van der Waals surface area contributed by atoms with Gasteiger partial charge >= 0.3 is 0 Å². The number of hydrogen-bond acceptors (Lipinski definition) is 1. The van der Waals surface area contributed by atoms with Crippen LogP contribution in [0.4, 0.5) is 4.39 Å². The van der Waals surface area contributed by atoms with E-state index < -0.39 is 0 Å². The Morgan fingerprint density at radius 1 is 1.24 bits per heavy atom. The lowest BCUT2D eigenvalue weighted by atomic mass is 10.0. The highest BCUT2D eigenvalue weighted by atomic mass is 19.1. The molecule has 2 aromatic heterocycles. The molecule has 0 fully saturated rings. The first-order chi connectivity index (χ1) is 12.1. The van der Waals surface area contributed by atoms with Crippen molar-refractivity contribution in [3.8, 4) is 5.69 Å². The molecule has 0 spiro atoms. The van der Waals surface area contributed by atoms with Gasteiger partial charge in [0.2, 0.25) is 0 Å². The predicted octanol–water partition coefficient (Wildman–Crippen LogP) is 5.63. The van der Waals surface area contributed by atoms with Gasteiger partial charge in [-0.3, -0.25) is 5.10 Å². The van der Waals surface area contributed by atoms with Gasteiger partial charge in [-0.15, -0.1) is 0 Å². The van der Waals surface area contributed by atoms with Gasteiger partial charge in [-0.05, 0) is 60.9 Å². The Hall–Kier alpha value is -2.88. The molecule has 0 saturated carbocycles. The van der Waals surface area contributed by atoms with Crippen LogP contribution in [0.25, 0.3) is 33.1 Å². The van der Waals surface area contributed by atoms with E-state index in [1.807, 2.05) is 25.3 Å². The maximum atomic E-state index is 13.4. The van der Waals surface area contributed by atoms with Crippen molar-refractivity contribution >= 4 is 27.4 Å². The minimum absolute atomic E-state index is 0.233. The number of halogens is 1. The molecule has 3 nitrogen and oxygen atoms in total. The topological polar surface area (TPSA) is 33.6 Å². The standard InChI is InChI=1S/C21H20FN3/c1-4-5-17-18-11-19-14(12-23-24-19)10-20(18)25(21(17)13(2)3)16-8-6-15(22)7-9-16/h6-12H,2,4-5H2,1,3H3,(H,23,24). The van der Waals surface area contributed by atoms with Crippen molar-refractivity contribution in [2.75, 3.05) is 0 Å². The van der Waals surface area contributed by atoms with Crippen molar-refractivity contribution in [3.05, 3.63) is 66.2 Å². The molecule has 2 heterocycles. The molecule has 0 radical (unpaired) electrons. The van der Waals surface area contributed by atoms with Gasteiger partial charge in [0.1, 0.15) is 5.82 Å². The summed E-state index contributed by atoms with van der Waals surface area (Å²) in [6.45, 7) is 8.42. The van der Waals surface area contributed by atoms with Gasteiger partial charge in [0, 0.05) is 16.5 Å². The molecule has 0 bridgehead atoms. The van der Waals surface area contributed by atoms with E-state index in [1.54, 1.807) is 0 Å². The molecule has 4 rings (SSSR count). The number of benzene rings is 2. The summed E-state index contributed by atoms with van der Waals surface area (Å²) in [6.07, 6.45) is 3.84. The molecule has 0 unspecified atom stereocenters. The number of nitrogens with zero attached hydrogens (tertiary/aromatic N) is 2. The fraction of sp³-hybridized carbons (Fsp3) is 0.190. The summed E-state index contributed by atoms with van der Waals surface area (Å²) in [4.78, 5) is 0. The van der Waals surface area contributed by atoms with Gasteiger partial charge in [0.15, 0.2) is 0 Å². The van der Waals surface area contributed by atoms with Crippen LogP contribution in [0.1, 0.15) is 31.5 Å². The van der Waals surface area contributed by atoms with Crippen LogP contribution in [0.3, 0.4) is 0 Å². The number of nitrogens with one attached hydrogen (secondary N) is 1. The van der Waals surface area contributed by atoms with E-state index in [0.717, 1.165) is 46.2 Å². The third-order valence-corrected chi connectivity index (χ3v) is 4.62. The Balaban J connectivity index is 2.15. The van der Waals surface area contributed by atoms with Crippen LogP contribution >= 0.6 is 0 Å². The van der Waals surface area contributed by atoms with Crippen LogP contribution in [0, 0.1) is 5.82 Å². The Morgan fingerprint density at radius 3 is 2.68 bits per heavy atom. The molecular weight excluding hydrogens is 313 g/mol. The van der Waals surface area contributed by atoms with Crippen LogP contribution in [0.15, 0.2) is 49.2 Å². The van der Waals surface area contributed by atoms with Crippen LogP contribution in [0.5, 0.6) is 0 Å². The zero-order valence-corrected chi connectivity index (χ0v) is 14.4. The molecule has 2 aromatic carbocycles. The molecular formula is C21H20FN3. The number of hydrogen-bond donors (Lipinski definition) is 1. The van der Waals surface area contributed by atoms with Gasteiger partial charge in [-0.25, -0.2) is 4.39 Å². The number of fused-ring (bicyclic) bond motifs is 2. The van der Waals surface area contributed by atoms with Crippen LogP contribution < -0.4 is 0 Å². The average molecular weight is 333 g/mol. The SMILES string of the molecule is C=C(C)c1c(CCC)c2cc3[nH]ncc3cc2n1-c1ccc(F)cc1. The van der Waals surface area contributed by atoms with Crippen LogP contribution in [-0.2, 0) is 6.42 Å². The zero-order chi connectivity index (χ0) is 17.6. The fourth-order valence-electron chi connectivity index (χ4n) is 3.60. The molecule has 1 N–H and O–H groups in total. The van der Waals surface area contributed by atoms with Crippen LogP contribution in [-0.4, -0.2) is 14.8 Å². The molecule has 25 heavy (non-hydrogen) atoms. The zero-order valence-electron chi connectivity index (χ0n) is 14.4. The maximum Gasteiger partial charge on any atom is 0.123 e. The smallest absolute Gasteiger partial charge is 0.123 e. The third kappa shape index (κ3) is 2.45. The van der Waals surface area contributed by atoms with Crippen molar-refractivity contribution in [2.45, 2.75) is 26.7 Å². The molecule has 0 amide bonds. The number of aromatic amines is 1. The summed E-state index contributed by atoms with van der Waals surface area (Å²) in [6, 6.07) is 10.9. The van der Waals surface area contributed by atoms with Crippen LogP contribution in [0.2, 0.25) is 0 Å². The molecule has 0 atom stereocenters. The van der Waals surface area contributed by atoms with Crippen molar-refractivity contribution in [2.24, 2.45) is 0 Å². The summed E-state index contributed by atoms with van der Waals surface area (Å²) in [5.41, 5.74) is 6.46. The number of H-pyrrole nitrogens is 1. The number of allylic oxidation sites excluding steroid dienone is 1. The van der Waals surface area contributed by atoms with E-state index in [2.05, 4.69) is 40.4 Å². The second kappa shape index (κ2) is 5.88. The van der Waals surface area contributed by atoms with E-state index in [4.69, 9.17) is 0 Å². The summed E-state index contributed by atoms with van der Waals surface area (Å²) >= 11 is 0. The quantitative estimate of drug-likeness (QED) is 0.516. The maximum absolute atomic E-state index is 13.4. The first kappa shape index (κ1) is 15.6. The first-order valence-corrected chi connectivity index (χ1v) is 8.52. The largest absolute Gasteiger partial charge is 0.309 e. The Morgan fingerprint density at radius 2 is 2.00 bits per heavy atom. The predicted molar refractivity (Wildman–Crippen MR) is 102 cm³/mol. The van der Waals surface area contributed by atoms with E-state index in [9.17, 15) is 4.39 Å². The van der Waals surface area contributed by atoms with E-state index in [-0.39, 0.29) is 5.82 Å². The summed E-state index contributed by atoms with van der Waals surface area (Å²) in [5, 5.41) is 9.46. The first-order valence-electron chi connectivity index (χ1n) is 8.52. The Labute approximate surface area is 145 Å². The van der Waals surface area contributed by atoms with Crippen molar-refractivity contribution in [1.82, 2.24) is 14.8 Å². The molecule has 0 aliphatic rings. The number of rotatable bonds is 4. The monoisotopic (exact) mass is 333 g/mol. The molecule has 0 aliphatic carbocycles. The molecule has 4 heteroatoms. The van der Waals surface area contributed by atoms with Gasteiger partial charge in [0.05, 0.1) is 22.9 Å².